The number of likely N-dealkylation sites (tertiary alicyclic amines) is 1. The monoisotopic (exact) mass is 371 g/mol. The summed E-state index contributed by atoms with van der Waals surface area (Å²) in [6.07, 6.45) is -4.34. The van der Waals surface area contributed by atoms with Crippen LogP contribution in [-0.4, -0.2) is 42.8 Å². The zero-order valence-corrected chi connectivity index (χ0v) is 15.4. The third-order valence-electron chi connectivity index (χ3n) is 4.94. The molecule has 1 aromatic carbocycles. The summed E-state index contributed by atoms with van der Waals surface area (Å²) in [7, 11) is 1.68. The number of likely N-dealkylation sites (N-methyl/N-ethyl adjacent to an activating group) is 1. The molecule has 2 atom stereocenters. The van der Waals surface area contributed by atoms with E-state index in [9.17, 15) is 18.0 Å². The van der Waals surface area contributed by atoms with Crippen molar-refractivity contribution in [3.8, 4) is 0 Å². The summed E-state index contributed by atoms with van der Waals surface area (Å²) >= 11 is 0. The van der Waals surface area contributed by atoms with Gasteiger partial charge < -0.3 is 20.3 Å². The summed E-state index contributed by atoms with van der Waals surface area (Å²) in [5.41, 5.74) is 5.23. The standard InChI is InChI=1S/C18H24F3N3O2/c1-17(2,3)26-16(25)24-6-5-14-12(9-24)11-7-10(22)8-13(18(19,20)21)15(11)23(14)4/h7-8,12,14H,5-6,9,22H2,1-4H3/t12-,14-/m0/s1. The van der Waals surface area contributed by atoms with E-state index in [1.165, 1.54) is 0 Å². The maximum Gasteiger partial charge on any atom is 0.418 e. The van der Waals surface area contributed by atoms with Crippen LogP contribution in [-0.2, 0) is 10.9 Å². The van der Waals surface area contributed by atoms with E-state index >= 15 is 0 Å². The summed E-state index contributed by atoms with van der Waals surface area (Å²) in [6, 6.07) is 2.49. The smallest absolute Gasteiger partial charge is 0.418 e. The number of hydrogen-bond donors (Lipinski definition) is 1. The number of amides is 1. The van der Waals surface area contributed by atoms with Crippen LogP contribution in [0.3, 0.4) is 0 Å². The average Bonchev–Trinajstić information content (AvgIpc) is 2.76. The first-order chi connectivity index (χ1) is 11.9. The van der Waals surface area contributed by atoms with Crippen molar-refractivity contribution in [1.29, 1.82) is 0 Å². The minimum atomic E-state index is -4.48. The van der Waals surface area contributed by atoms with E-state index in [0.29, 0.717) is 25.1 Å². The molecule has 0 aromatic heterocycles. The highest BCUT2D eigenvalue weighted by Gasteiger charge is 2.47. The van der Waals surface area contributed by atoms with Gasteiger partial charge in [0, 0.05) is 37.8 Å². The Morgan fingerprint density at radius 3 is 2.50 bits per heavy atom. The molecule has 0 spiro atoms. The van der Waals surface area contributed by atoms with Gasteiger partial charge in [-0.1, -0.05) is 0 Å². The first-order valence-corrected chi connectivity index (χ1v) is 8.60. The fourth-order valence-corrected chi connectivity index (χ4v) is 3.94. The Morgan fingerprint density at radius 2 is 1.92 bits per heavy atom. The fraction of sp³-hybridized carbons (Fsp3) is 0.611. The number of nitrogens with two attached hydrogens (primary N) is 1. The zero-order chi connectivity index (χ0) is 19.4. The van der Waals surface area contributed by atoms with Crippen LogP contribution in [0.5, 0.6) is 0 Å². The molecule has 1 fully saturated rings. The van der Waals surface area contributed by atoms with Crippen molar-refractivity contribution in [2.75, 3.05) is 30.8 Å². The molecule has 2 aliphatic rings. The molecule has 26 heavy (non-hydrogen) atoms. The van der Waals surface area contributed by atoms with Crippen molar-refractivity contribution in [2.24, 2.45) is 0 Å². The number of nitrogens with zero attached hydrogens (tertiary/aromatic N) is 2. The van der Waals surface area contributed by atoms with Gasteiger partial charge in [-0.15, -0.1) is 0 Å². The maximum absolute atomic E-state index is 13.5. The lowest BCUT2D eigenvalue weighted by Crippen LogP contribution is -2.48. The number of piperidine rings is 1. The van der Waals surface area contributed by atoms with Gasteiger partial charge in [-0.05, 0) is 44.9 Å². The van der Waals surface area contributed by atoms with Crippen LogP contribution in [0.15, 0.2) is 12.1 Å². The van der Waals surface area contributed by atoms with Crippen LogP contribution in [0, 0.1) is 0 Å². The molecule has 1 aromatic rings. The molecular weight excluding hydrogens is 347 g/mol. The van der Waals surface area contributed by atoms with Gasteiger partial charge in [-0.2, -0.15) is 13.2 Å². The van der Waals surface area contributed by atoms with Crippen molar-refractivity contribution in [1.82, 2.24) is 4.90 Å². The number of alkyl halides is 3. The van der Waals surface area contributed by atoms with Gasteiger partial charge in [0.25, 0.3) is 0 Å². The summed E-state index contributed by atoms with van der Waals surface area (Å²) in [5, 5.41) is 0. The molecule has 0 unspecified atom stereocenters. The van der Waals surface area contributed by atoms with Gasteiger partial charge >= 0.3 is 12.3 Å². The minimum absolute atomic E-state index is 0.0829. The maximum atomic E-state index is 13.5. The van der Waals surface area contributed by atoms with Crippen LogP contribution in [0.1, 0.15) is 44.2 Å². The Labute approximate surface area is 150 Å². The number of anilines is 2. The second kappa shape index (κ2) is 5.96. The summed E-state index contributed by atoms with van der Waals surface area (Å²) in [6.45, 7) is 6.12. The molecule has 1 amide bonds. The van der Waals surface area contributed by atoms with Gasteiger partial charge in [0.2, 0.25) is 0 Å². The highest BCUT2D eigenvalue weighted by Crippen LogP contribution is 2.50. The number of carbonyl (C=O) groups excluding carboxylic acids is 1. The molecule has 2 N–H and O–H groups in total. The lowest BCUT2D eigenvalue weighted by molar-refractivity contribution is -0.137. The molecule has 0 saturated carbocycles. The first-order valence-electron chi connectivity index (χ1n) is 8.60. The normalized spacial score (nSPS) is 22.9. The molecule has 2 heterocycles. The third kappa shape index (κ3) is 3.29. The molecule has 0 radical (unpaired) electrons. The summed E-state index contributed by atoms with van der Waals surface area (Å²) in [5.74, 6) is -0.221. The predicted molar refractivity (Wildman–Crippen MR) is 93.2 cm³/mol. The minimum Gasteiger partial charge on any atom is -0.444 e. The molecule has 3 rings (SSSR count). The molecule has 0 bridgehead atoms. The van der Waals surface area contributed by atoms with Crippen molar-refractivity contribution in [2.45, 2.75) is 50.9 Å². The van der Waals surface area contributed by atoms with Crippen LogP contribution in [0.2, 0.25) is 0 Å². The number of benzene rings is 1. The number of nitrogen functional groups attached to an aromatic ring is 1. The first kappa shape index (κ1) is 18.7. The van der Waals surface area contributed by atoms with Gasteiger partial charge in [-0.25, -0.2) is 4.79 Å². The van der Waals surface area contributed by atoms with E-state index in [2.05, 4.69) is 0 Å². The Hall–Kier alpha value is -2.12. The van der Waals surface area contributed by atoms with Crippen molar-refractivity contribution in [3.63, 3.8) is 0 Å². The van der Waals surface area contributed by atoms with Crippen LogP contribution in [0.4, 0.5) is 29.3 Å². The SMILES string of the molecule is CN1c2c(cc(N)cc2C(F)(F)F)[C@@H]2CN(C(=O)OC(C)(C)C)CC[C@@H]21. The van der Waals surface area contributed by atoms with E-state index in [4.69, 9.17) is 10.5 Å². The molecule has 8 heteroatoms. The highest BCUT2D eigenvalue weighted by molar-refractivity contribution is 5.73. The van der Waals surface area contributed by atoms with Gasteiger partial charge in [-0.3, -0.25) is 0 Å². The number of carbonyl (C=O) groups is 1. The van der Waals surface area contributed by atoms with E-state index in [1.807, 2.05) is 0 Å². The summed E-state index contributed by atoms with van der Waals surface area (Å²) in [4.78, 5) is 15.6. The van der Waals surface area contributed by atoms with E-state index in [1.54, 1.807) is 43.7 Å². The third-order valence-corrected chi connectivity index (χ3v) is 4.94. The molecule has 5 nitrogen and oxygen atoms in total. The lowest BCUT2D eigenvalue weighted by atomic mass is 9.88. The number of hydrogen-bond acceptors (Lipinski definition) is 4. The number of fused-ring (bicyclic) bond motifs is 3. The average molecular weight is 371 g/mol. The van der Waals surface area contributed by atoms with E-state index in [0.717, 1.165) is 6.07 Å². The van der Waals surface area contributed by atoms with Crippen molar-refractivity contribution in [3.05, 3.63) is 23.3 Å². The number of ether oxygens (including phenoxy) is 1. The van der Waals surface area contributed by atoms with Gasteiger partial charge in [0.15, 0.2) is 0 Å². The molecular formula is C18H24F3N3O2. The highest BCUT2D eigenvalue weighted by atomic mass is 19.4. The quantitative estimate of drug-likeness (QED) is 0.704. The Bertz CT molecular complexity index is 728. The molecule has 2 aliphatic heterocycles. The summed E-state index contributed by atoms with van der Waals surface area (Å²) < 4.78 is 45.9. The van der Waals surface area contributed by atoms with Gasteiger partial charge in [0.05, 0.1) is 11.3 Å². The predicted octanol–water partition coefficient (Wildman–Crippen LogP) is 3.83. The van der Waals surface area contributed by atoms with Gasteiger partial charge in [0.1, 0.15) is 5.60 Å². The second-order valence-electron chi connectivity index (χ2n) is 8.00. The second-order valence-corrected chi connectivity index (χ2v) is 8.00. The molecule has 1 saturated heterocycles. The zero-order valence-electron chi connectivity index (χ0n) is 15.4. The number of rotatable bonds is 0. The van der Waals surface area contributed by atoms with Crippen LogP contribution < -0.4 is 10.6 Å². The topological polar surface area (TPSA) is 58.8 Å². The largest absolute Gasteiger partial charge is 0.444 e. The van der Waals surface area contributed by atoms with E-state index < -0.39 is 23.4 Å². The Morgan fingerprint density at radius 1 is 1.27 bits per heavy atom. The lowest BCUT2D eigenvalue weighted by Gasteiger charge is -2.38. The number of halogens is 3. The van der Waals surface area contributed by atoms with Crippen LogP contribution >= 0.6 is 0 Å². The molecule has 0 aliphatic carbocycles. The Balaban J connectivity index is 1.94. The fourth-order valence-electron chi connectivity index (χ4n) is 3.94. The van der Waals surface area contributed by atoms with Crippen LogP contribution in [0.25, 0.3) is 0 Å². The molecule has 144 valence electrons. The van der Waals surface area contributed by atoms with Crippen molar-refractivity contribution < 1.29 is 22.7 Å². The Kier molecular flexibility index (Phi) is 4.28. The van der Waals surface area contributed by atoms with E-state index in [-0.39, 0.29) is 23.3 Å². The van der Waals surface area contributed by atoms with Crippen molar-refractivity contribution >= 4 is 17.5 Å².